The molecular weight excluding hydrogens is 287 g/mol. The molecule has 0 spiro atoms. The Hall–Kier alpha value is -0.620. The van der Waals surface area contributed by atoms with Crippen LogP contribution in [0.1, 0.15) is 6.42 Å². The van der Waals surface area contributed by atoms with Crippen LogP contribution < -0.4 is 10.6 Å². The maximum Gasteiger partial charge on any atom is 0.222 e. The van der Waals surface area contributed by atoms with Gasteiger partial charge in [-0.15, -0.1) is 24.8 Å². The summed E-state index contributed by atoms with van der Waals surface area (Å²) < 4.78 is 5.86. The Kier molecular flexibility index (Phi) is 6.79. The summed E-state index contributed by atoms with van der Waals surface area (Å²) in [5.41, 5.74) is 0. The van der Waals surface area contributed by atoms with Crippen LogP contribution in [0.25, 0.3) is 0 Å². The van der Waals surface area contributed by atoms with E-state index >= 15 is 0 Å². The molecule has 0 amide bonds. The molecule has 3 rings (SSSR count). The zero-order valence-corrected chi connectivity index (χ0v) is 12.3. The van der Waals surface area contributed by atoms with Gasteiger partial charge >= 0.3 is 0 Å². The summed E-state index contributed by atoms with van der Waals surface area (Å²) in [6, 6.07) is 1.82. The molecule has 19 heavy (non-hydrogen) atoms. The molecule has 0 saturated carbocycles. The lowest BCUT2D eigenvalue weighted by atomic mass is 9.85. The van der Waals surface area contributed by atoms with E-state index in [4.69, 9.17) is 4.74 Å². The minimum absolute atomic E-state index is 0. The number of ether oxygens (including phenoxy) is 1. The van der Waals surface area contributed by atoms with Crippen molar-refractivity contribution in [1.82, 2.24) is 15.3 Å². The summed E-state index contributed by atoms with van der Waals surface area (Å²) in [5, 5.41) is 6.69. The van der Waals surface area contributed by atoms with Crippen molar-refractivity contribution in [2.75, 3.05) is 31.6 Å². The van der Waals surface area contributed by atoms with Crippen LogP contribution in [0.2, 0.25) is 0 Å². The molecule has 1 aromatic rings. The van der Waals surface area contributed by atoms with Crippen LogP contribution in [-0.2, 0) is 4.74 Å². The Morgan fingerprint density at radius 3 is 2.89 bits per heavy atom. The second kappa shape index (κ2) is 7.85. The number of hydrogen-bond acceptors (Lipinski definition) is 5. The van der Waals surface area contributed by atoms with E-state index in [1.54, 1.807) is 12.4 Å². The molecule has 5 nitrogen and oxygen atoms in total. The highest BCUT2D eigenvalue weighted by Gasteiger charge is 2.38. The van der Waals surface area contributed by atoms with E-state index in [0.717, 1.165) is 32.2 Å². The maximum atomic E-state index is 5.86. The monoisotopic (exact) mass is 306 g/mol. The molecular formula is C12H20Cl2N4O. The van der Waals surface area contributed by atoms with Crippen LogP contribution in [-0.4, -0.2) is 42.3 Å². The molecule has 3 heterocycles. The molecule has 108 valence electrons. The van der Waals surface area contributed by atoms with Crippen molar-refractivity contribution in [3.05, 3.63) is 18.5 Å². The highest BCUT2D eigenvalue weighted by Crippen LogP contribution is 2.31. The van der Waals surface area contributed by atoms with Crippen LogP contribution in [0.3, 0.4) is 0 Å². The molecule has 2 aliphatic rings. The molecule has 3 atom stereocenters. The molecule has 0 unspecified atom stereocenters. The Bertz CT molecular complexity index is 368. The second-order valence-corrected chi connectivity index (χ2v) is 4.74. The van der Waals surface area contributed by atoms with Gasteiger partial charge in [0.15, 0.2) is 0 Å². The number of anilines is 1. The summed E-state index contributed by atoms with van der Waals surface area (Å²) in [5.74, 6) is 2.06. The van der Waals surface area contributed by atoms with Gasteiger partial charge in [0.25, 0.3) is 0 Å². The van der Waals surface area contributed by atoms with Crippen LogP contribution in [0.4, 0.5) is 5.95 Å². The summed E-state index contributed by atoms with van der Waals surface area (Å²) in [4.78, 5) is 8.30. The van der Waals surface area contributed by atoms with E-state index in [1.165, 1.54) is 6.42 Å². The second-order valence-electron chi connectivity index (χ2n) is 4.74. The molecule has 2 saturated heterocycles. The maximum absolute atomic E-state index is 5.86. The van der Waals surface area contributed by atoms with Crippen molar-refractivity contribution in [2.24, 2.45) is 11.8 Å². The molecule has 7 heteroatoms. The van der Waals surface area contributed by atoms with E-state index in [2.05, 4.69) is 20.6 Å². The van der Waals surface area contributed by atoms with Gasteiger partial charge in [-0.1, -0.05) is 0 Å². The van der Waals surface area contributed by atoms with Gasteiger partial charge in [-0.3, -0.25) is 0 Å². The highest BCUT2D eigenvalue weighted by molar-refractivity contribution is 5.85. The normalized spacial score (nSPS) is 28.7. The largest absolute Gasteiger partial charge is 0.376 e. The van der Waals surface area contributed by atoms with Crippen molar-refractivity contribution in [3.63, 3.8) is 0 Å². The first-order chi connectivity index (χ1) is 8.43. The predicted molar refractivity (Wildman–Crippen MR) is 79.2 cm³/mol. The van der Waals surface area contributed by atoms with E-state index in [-0.39, 0.29) is 30.9 Å². The Morgan fingerprint density at radius 1 is 1.32 bits per heavy atom. The predicted octanol–water partition coefficient (Wildman–Crippen LogP) is 1.36. The van der Waals surface area contributed by atoms with Gasteiger partial charge in [-0.05, 0) is 24.9 Å². The first-order valence-electron chi connectivity index (χ1n) is 6.26. The number of hydrogen-bond donors (Lipinski definition) is 2. The number of aromatic nitrogens is 2. The van der Waals surface area contributed by atoms with Gasteiger partial charge in [0, 0.05) is 31.4 Å². The fourth-order valence-corrected chi connectivity index (χ4v) is 2.74. The number of halogens is 2. The van der Waals surface area contributed by atoms with Crippen molar-refractivity contribution < 1.29 is 4.74 Å². The van der Waals surface area contributed by atoms with Crippen molar-refractivity contribution in [1.29, 1.82) is 0 Å². The number of rotatable bonds is 3. The van der Waals surface area contributed by atoms with Gasteiger partial charge in [-0.25, -0.2) is 9.97 Å². The number of fused-ring (bicyclic) bond motifs is 1. The van der Waals surface area contributed by atoms with Gasteiger partial charge in [0.2, 0.25) is 5.95 Å². The van der Waals surface area contributed by atoms with Crippen LogP contribution in [0.5, 0.6) is 0 Å². The summed E-state index contributed by atoms with van der Waals surface area (Å²) in [7, 11) is 0. The van der Waals surface area contributed by atoms with Crippen molar-refractivity contribution in [2.45, 2.75) is 12.5 Å². The third-order valence-electron chi connectivity index (χ3n) is 3.71. The van der Waals surface area contributed by atoms with Gasteiger partial charge in [0.1, 0.15) is 0 Å². The lowest BCUT2D eigenvalue weighted by molar-refractivity contribution is 0.101. The minimum Gasteiger partial charge on any atom is -0.376 e. The van der Waals surface area contributed by atoms with Crippen LogP contribution >= 0.6 is 24.8 Å². The number of nitrogens with zero attached hydrogens (tertiary/aromatic N) is 2. The lowest BCUT2D eigenvalue weighted by Gasteiger charge is -2.27. The first-order valence-corrected chi connectivity index (χ1v) is 6.26. The van der Waals surface area contributed by atoms with Crippen molar-refractivity contribution in [3.8, 4) is 0 Å². The van der Waals surface area contributed by atoms with E-state index < -0.39 is 0 Å². The van der Waals surface area contributed by atoms with E-state index in [9.17, 15) is 0 Å². The summed E-state index contributed by atoms with van der Waals surface area (Å²) in [6.45, 7) is 3.92. The molecule has 0 radical (unpaired) electrons. The molecule has 0 aromatic carbocycles. The van der Waals surface area contributed by atoms with Gasteiger partial charge < -0.3 is 15.4 Å². The van der Waals surface area contributed by atoms with Crippen LogP contribution in [0, 0.1) is 11.8 Å². The third kappa shape index (κ3) is 3.92. The SMILES string of the molecule is Cl.Cl.c1cnc(NC[C@H]2OC[C@@H]3CCNC[C@@H]32)nc1. The minimum atomic E-state index is 0. The van der Waals surface area contributed by atoms with Gasteiger partial charge in [0.05, 0.1) is 12.7 Å². The Balaban J connectivity index is 0.000000902. The third-order valence-corrected chi connectivity index (χ3v) is 3.71. The van der Waals surface area contributed by atoms with Crippen LogP contribution in [0.15, 0.2) is 18.5 Å². The topological polar surface area (TPSA) is 59.1 Å². The zero-order valence-electron chi connectivity index (χ0n) is 10.6. The Labute approximate surface area is 125 Å². The molecule has 2 aliphatic heterocycles. The fourth-order valence-electron chi connectivity index (χ4n) is 2.74. The first kappa shape index (κ1) is 16.4. The van der Waals surface area contributed by atoms with E-state index in [0.29, 0.717) is 11.9 Å². The summed E-state index contributed by atoms with van der Waals surface area (Å²) in [6.07, 6.45) is 5.02. The summed E-state index contributed by atoms with van der Waals surface area (Å²) >= 11 is 0. The molecule has 1 aromatic heterocycles. The molecule has 2 N–H and O–H groups in total. The number of nitrogens with one attached hydrogen (secondary N) is 2. The zero-order chi connectivity index (χ0) is 11.5. The standard InChI is InChI=1S/C12H18N4O.2ClH/c1-3-14-12(15-4-1)16-7-11-10-6-13-5-2-9(10)8-17-11;;/h1,3-4,9-11,13H,2,5-8H2,(H,14,15,16);2*1H/t9-,10-,11+;;/m0../s1. The smallest absolute Gasteiger partial charge is 0.222 e. The molecule has 0 aliphatic carbocycles. The average molecular weight is 307 g/mol. The van der Waals surface area contributed by atoms with Gasteiger partial charge in [-0.2, -0.15) is 0 Å². The lowest BCUT2D eigenvalue weighted by Crippen LogP contribution is -2.41. The highest BCUT2D eigenvalue weighted by atomic mass is 35.5. The number of piperidine rings is 1. The van der Waals surface area contributed by atoms with E-state index in [1.807, 2.05) is 6.07 Å². The Morgan fingerprint density at radius 2 is 2.11 bits per heavy atom. The quantitative estimate of drug-likeness (QED) is 0.883. The fraction of sp³-hybridized carbons (Fsp3) is 0.667. The average Bonchev–Trinajstić information content (AvgIpc) is 2.81. The molecule has 2 fully saturated rings. The van der Waals surface area contributed by atoms with Crippen molar-refractivity contribution >= 4 is 30.8 Å². The molecule has 0 bridgehead atoms.